The molecule has 2 aliphatic heterocycles. The molecule has 4 rings (SSSR count). The molecule has 2 aromatic rings. The summed E-state index contributed by atoms with van der Waals surface area (Å²) < 4.78 is 17.7. The molecular formula is C23H31N3O2S. The van der Waals surface area contributed by atoms with Gasteiger partial charge >= 0.3 is 0 Å². The largest absolute Gasteiger partial charge is 0.495 e. The fourth-order valence-electron chi connectivity index (χ4n) is 4.29. The van der Waals surface area contributed by atoms with Crippen LogP contribution in [-0.2, 0) is 17.2 Å². The van der Waals surface area contributed by atoms with Crippen molar-refractivity contribution in [2.75, 3.05) is 62.6 Å². The Labute approximate surface area is 176 Å². The number of aryl methyl sites for hydroxylation is 1. The van der Waals surface area contributed by atoms with E-state index in [0.717, 1.165) is 55.5 Å². The van der Waals surface area contributed by atoms with Crippen molar-refractivity contribution in [2.45, 2.75) is 24.2 Å². The Balaban J connectivity index is 1.21. The van der Waals surface area contributed by atoms with Gasteiger partial charge in [-0.1, -0.05) is 18.2 Å². The van der Waals surface area contributed by atoms with Gasteiger partial charge in [0.1, 0.15) is 5.75 Å². The van der Waals surface area contributed by atoms with Crippen molar-refractivity contribution < 1.29 is 8.95 Å². The van der Waals surface area contributed by atoms with Crippen LogP contribution in [0.3, 0.4) is 0 Å². The van der Waals surface area contributed by atoms with Crippen LogP contribution in [0.4, 0.5) is 11.4 Å². The first-order chi connectivity index (χ1) is 14.2. The summed E-state index contributed by atoms with van der Waals surface area (Å²) in [6.07, 6.45) is 3.44. The first kappa shape index (κ1) is 20.2. The number of anilines is 2. The average molecular weight is 414 g/mol. The van der Waals surface area contributed by atoms with Gasteiger partial charge in [-0.05, 0) is 55.6 Å². The lowest BCUT2D eigenvalue weighted by Gasteiger charge is -2.36. The van der Waals surface area contributed by atoms with Gasteiger partial charge < -0.3 is 14.5 Å². The third-order valence-corrected chi connectivity index (χ3v) is 7.42. The topological polar surface area (TPSA) is 36.0 Å². The zero-order valence-electron chi connectivity index (χ0n) is 17.5. The number of para-hydroxylation sites is 2. The minimum absolute atomic E-state index is 0.625. The van der Waals surface area contributed by atoms with Crippen molar-refractivity contribution in [3.63, 3.8) is 0 Å². The van der Waals surface area contributed by atoms with Crippen molar-refractivity contribution in [3.05, 3.63) is 48.0 Å². The second-order valence-corrected chi connectivity index (χ2v) is 9.32. The normalized spacial score (nSPS) is 19.4. The highest BCUT2D eigenvalue weighted by Crippen LogP contribution is 2.31. The van der Waals surface area contributed by atoms with Crippen LogP contribution in [0.25, 0.3) is 0 Å². The van der Waals surface area contributed by atoms with Crippen molar-refractivity contribution in [3.8, 4) is 5.75 Å². The smallest absolute Gasteiger partial charge is 0.142 e. The Morgan fingerprint density at radius 2 is 1.79 bits per heavy atom. The molecule has 0 spiro atoms. The molecule has 0 N–H and O–H groups in total. The Morgan fingerprint density at radius 3 is 2.59 bits per heavy atom. The van der Waals surface area contributed by atoms with Gasteiger partial charge in [0.05, 0.1) is 40.1 Å². The third kappa shape index (κ3) is 4.59. The lowest BCUT2D eigenvalue weighted by molar-refractivity contribution is 0.252. The van der Waals surface area contributed by atoms with Gasteiger partial charge in [-0.25, -0.2) is 0 Å². The van der Waals surface area contributed by atoms with E-state index in [4.69, 9.17) is 4.74 Å². The number of hydrogen-bond donors (Lipinski definition) is 0. The van der Waals surface area contributed by atoms with E-state index < -0.39 is 10.8 Å². The van der Waals surface area contributed by atoms with E-state index in [1.165, 1.54) is 24.1 Å². The second kappa shape index (κ2) is 9.18. The molecule has 0 amide bonds. The molecule has 0 saturated carbocycles. The molecule has 0 aromatic heterocycles. The quantitative estimate of drug-likeness (QED) is 0.651. The van der Waals surface area contributed by atoms with Crippen LogP contribution in [0, 0.1) is 0 Å². The molecule has 1 atom stereocenters. The van der Waals surface area contributed by atoms with Gasteiger partial charge in [0, 0.05) is 33.2 Å². The van der Waals surface area contributed by atoms with E-state index >= 15 is 0 Å². The number of benzene rings is 2. The van der Waals surface area contributed by atoms with Crippen molar-refractivity contribution in [1.82, 2.24) is 4.90 Å². The van der Waals surface area contributed by atoms with Crippen molar-refractivity contribution in [2.24, 2.45) is 0 Å². The second-order valence-electron chi connectivity index (χ2n) is 7.93. The summed E-state index contributed by atoms with van der Waals surface area (Å²) in [5.74, 6) is 1.59. The first-order valence-electron chi connectivity index (χ1n) is 10.5. The predicted octanol–water partition coefficient (Wildman–Crippen LogP) is 3.36. The number of ether oxygens (including phenoxy) is 1. The predicted molar refractivity (Wildman–Crippen MR) is 121 cm³/mol. The highest BCUT2D eigenvalue weighted by atomic mass is 32.2. The molecule has 0 radical (unpaired) electrons. The Hall–Kier alpha value is -2.05. The third-order valence-electron chi connectivity index (χ3n) is 5.98. The Bertz CT molecular complexity index is 865. The molecule has 5 nitrogen and oxygen atoms in total. The van der Waals surface area contributed by atoms with Crippen LogP contribution in [-0.4, -0.2) is 61.9 Å². The zero-order valence-corrected chi connectivity index (χ0v) is 18.3. The molecule has 0 bridgehead atoms. The molecular weight excluding hydrogens is 382 g/mol. The van der Waals surface area contributed by atoms with Gasteiger partial charge in [-0.15, -0.1) is 0 Å². The van der Waals surface area contributed by atoms with Crippen LogP contribution >= 0.6 is 0 Å². The van der Waals surface area contributed by atoms with Gasteiger partial charge in [0.25, 0.3) is 0 Å². The Kier molecular flexibility index (Phi) is 6.40. The molecule has 2 heterocycles. The number of nitrogens with zero attached hydrogens (tertiary/aromatic N) is 3. The SMILES string of the molecule is COc1ccccc1N1CCN(CCCCc2ccc3c(c2)S(=O)CN3C)CC1. The maximum absolute atomic E-state index is 12.2. The van der Waals surface area contributed by atoms with Crippen LogP contribution < -0.4 is 14.5 Å². The summed E-state index contributed by atoms with van der Waals surface area (Å²) in [7, 11) is 2.89. The van der Waals surface area contributed by atoms with E-state index in [0.29, 0.717) is 5.88 Å². The first-order valence-corrected chi connectivity index (χ1v) is 11.8. The average Bonchev–Trinajstić information content (AvgIpc) is 3.04. The maximum atomic E-state index is 12.2. The lowest BCUT2D eigenvalue weighted by atomic mass is 10.1. The standard InChI is InChI=1S/C23H31N3O2S/c1-24-18-29(27)23-17-19(10-11-21(23)24)7-5-6-12-25-13-15-26(16-14-25)20-8-3-4-9-22(20)28-2/h3-4,8-11,17H,5-7,12-16,18H2,1-2H3. The van der Waals surface area contributed by atoms with E-state index in [-0.39, 0.29) is 0 Å². The minimum Gasteiger partial charge on any atom is -0.495 e. The summed E-state index contributed by atoms with van der Waals surface area (Å²) in [5, 5.41) is 0. The fraction of sp³-hybridized carbons (Fsp3) is 0.478. The minimum atomic E-state index is -0.867. The molecule has 2 aromatic carbocycles. The highest BCUT2D eigenvalue weighted by molar-refractivity contribution is 7.85. The Morgan fingerprint density at radius 1 is 1.00 bits per heavy atom. The van der Waals surface area contributed by atoms with Gasteiger partial charge in [0.15, 0.2) is 0 Å². The summed E-state index contributed by atoms with van der Waals surface area (Å²) in [5.41, 5.74) is 3.64. The molecule has 29 heavy (non-hydrogen) atoms. The molecule has 0 aliphatic carbocycles. The van der Waals surface area contributed by atoms with E-state index in [9.17, 15) is 4.21 Å². The number of rotatable bonds is 7. The number of unbranched alkanes of at least 4 members (excludes halogenated alkanes) is 1. The van der Waals surface area contributed by atoms with Gasteiger partial charge in [0.2, 0.25) is 0 Å². The molecule has 1 unspecified atom stereocenters. The zero-order chi connectivity index (χ0) is 20.2. The van der Waals surface area contributed by atoms with E-state index in [2.05, 4.69) is 45.0 Å². The molecule has 156 valence electrons. The number of fused-ring (bicyclic) bond motifs is 1. The van der Waals surface area contributed by atoms with E-state index in [1.54, 1.807) is 7.11 Å². The summed E-state index contributed by atoms with van der Waals surface area (Å²) >= 11 is 0. The molecule has 1 saturated heterocycles. The van der Waals surface area contributed by atoms with Crippen LogP contribution in [0.15, 0.2) is 47.4 Å². The van der Waals surface area contributed by atoms with E-state index in [1.807, 2.05) is 19.2 Å². The molecule has 2 aliphatic rings. The number of methoxy groups -OCH3 is 1. The van der Waals surface area contributed by atoms with Crippen LogP contribution in [0.1, 0.15) is 18.4 Å². The van der Waals surface area contributed by atoms with Gasteiger partial charge in [-0.3, -0.25) is 9.11 Å². The fourth-order valence-corrected chi connectivity index (χ4v) is 5.66. The summed E-state index contributed by atoms with van der Waals surface area (Å²) in [6.45, 7) is 5.44. The monoisotopic (exact) mass is 413 g/mol. The van der Waals surface area contributed by atoms with Crippen LogP contribution in [0.5, 0.6) is 5.75 Å². The molecule has 1 fully saturated rings. The number of hydrogen-bond acceptors (Lipinski definition) is 5. The summed E-state index contributed by atoms with van der Waals surface area (Å²) in [4.78, 5) is 8.09. The van der Waals surface area contributed by atoms with Crippen LogP contribution in [0.2, 0.25) is 0 Å². The summed E-state index contributed by atoms with van der Waals surface area (Å²) in [6, 6.07) is 14.8. The van der Waals surface area contributed by atoms with Crippen molar-refractivity contribution >= 4 is 22.2 Å². The highest BCUT2D eigenvalue weighted by Gasteiger charge is 2.23. The van der Waals surface area contributed by atoms with Crippen molar-refractivity contribution in [1.29, 1.82) is 0 Å². The number of piperazine rings is 1. The lowest BCUT2D eigenvalue weighted by Crippen LogP contribution is -2.46. The van der Waals surface area contributed by atoms with Gasteiger partial charge in [-0.2, -0.15) is 0 Å². The maximum Gasteiger partial charge on any atom is 0.142 e. The molecule has 6 heteroatoms.